The number of carboxylic acid groups (broad SMARTS) is 4. The molecule has 0 spiro atoms. The Labute approximate surface area is 444 Å². The number of thioether (sulfide) groups is 1. The van der Waals surface area contributed by atoms with Crippen LogP contribution in [0.3, 0.4) is 0 Å². The van der Waals surface area contributed by atoms with Crippen molar-refractivity contribution in [3.8, 4) is 0 Å². The monoisotopic (exact) mass is 1100 g/mol. The molecule has 0 aliphatic carbocycles. The molecule has 0 fully saturated rings. The Balaban J connectivity index is 0.000000481. The topological polar surface area (TPSA) is 362 Å². The number of sulfone groups is 2. The van der Waals surface area contributed by atoms with Gasteiger partial charge < -0.3 is 60.9 Å². The van der Waals surface area contributed by atoms with E-state index in [-0.39, 0.29) is 39.2 Å². The van der Waals surface area contributed by atoms with E-state index in [1.54, 1.807) is 48.5 Å². The van der Waals surface area contributed by atoms with E-state index in [0.717, 1.165) is 36.9 Å². The number of ketones is 1. The summed E-state index contributed by atoms with van der Waals surface area (Å²) in [6.45, 7) is 12.7. The molecular formula is C52H56N4O17S3-4. The van der Waals surface area contributed by atoms with Crippen LogP contribution >= 0.6 is 11.8 Å². The first-order chi connectivity index (χ1) is 35.2. The van der Waals surface area contributed by atoms with Gasteiger partial charge in [0.1, 0.15) is 10.00 Å². The summed E-state index contributed by atoms with van der Waals surface area (Å²) in [6.07, 6.45) is -0.553. The van der Waals surface area contributed by atoms with Gasteiger partial charge in [-0.1, -0.05) is 47.5 Å². The summed E-state index contributed by atoms with van der Waals surface area (Å²) in [4.78, 5) is 96.4. The molecule has 0 radical (unpaired) electrons. The Morgan fingerprint density at radius 1 is 0.500 bits per heavy atom. The van der Waals surface area contributed by atoms with Crippen LogP contribution in [-0.4, -0.2) is 85.9 Å². The van der Waals surface area contributed by atoms with Crippen LogP contribution in [0, 0.1) is 13.8 Å². The minimum atomic E-state index is -4.06. The van der Waals surface area contributed by atoms with Gasteiger partial charge in [-0.3, -0.25) is 24.0 Å². The number of aliphatic carboxylic acids is 4. The molecule has 5 aromatic rings. The van der Waals surface area contributed by atoms with Crippen molar-refractivity contribution in [3.63, 3.8) is 0 Å². The normalized spacial score (nSPS) is 10.9. The zero-order valence-electron chi connectivity index (χ0n) is 42.7. The number of nitrogens with one attached hydrogen (secondary N) is 4. The molecule has 1 atom stereocenters. The number of rotatable bonds is 16. The lowest BCUT2D eigenvalue weighted by Crippen LogP contribution is -2.49. The molecule has 0 aliphatic heterocycles. The Bertz CT molecular complexity index is 3050. The van der Waals surface area contributed by atoms with Crippen LogP contribution in [0.2, 0.25) is 0 Å². The van der Waals surface area contributed by atoms with Crippen molar-refractivity contribution < 1.29 is 80.4 Å². The number of anilines is 4. The van der Waals surface area contributed by atoms with Gasteiger partial charge in [0.15, 0.2) is 25.5 Å². The van der Waals surface area contributed by atoms with Gasteiger partial charge >= 0.3 is 0 Å². The molecule has 5 aromatic carbocycles. The average molecular weight is 1110 g/mol. The van der Waals surface area contributed by atoms with Crippen LogP contribution in [0.4, 0.5) is 22.7 Å². The van der Waals surface area contributed by atoms with Crippen LogP contribution in [0.5, 0.6) is 0 Å². The fraction of sp³-hybridized carbons (Fsp3) is 0.250. The number of aryl methyl sites for hydroxylation is 2. The summed E-state index contributed by atoms with van der Waals surface area (Å²) < 4.78 is 45.8. The molecule has 4 N–H and O–H groups in total. The van der Waals surface area contributed by atoms with Crippen LogP contribution < -0.4 is 41.7 Å². The molecule has 24 heteroatoms. The van der Waals surface area contributed by atoms with E-state index in [0.29, 0.717) is 22.6 Å². The summed E-state index contributed by atoms with van der Waals surface area (Å²) in [7, 11) is -8.02. The first-order valence-electron chi connectivity index (χ1n) is 22.2. The molecule has 5 rings (SSSR count). The van der Waals surface area contributed by atoms with Crippen LogP contribution in [0.25, 0.3) is 0 Å². The third kappa shape index (κ3) is 23.8. The van der Waals surface area contributed by atoms with Gasteiger partial charge in [-0.05, 0) is 120 Å². The molecule has 4 amide bonds. The van der Waals surface area contributed by atoms with Gasteiger partial charge in [0.05, 0.1) is 34.1 Å². The van der Waals surface area contributed by atoms with E-state index >= 15 is 0 Å². The van der Waals surface area contributed by atoms with Crippen molar-refractivity contribution in [1.82, 2.24) is 0 Å². The first kappa shape index (κ1) is 65.8. The van der Waals surface area contributed by atoms with E-state index in [9.17, 15) is 80.4 Å². The summed E-state index contributed by atoms with van der Waals surface area (Å²) in [5.74, 6) is -6.98. The zero-order valence-corrected chi connectivity index (χ0v) is 45.2. The third-order valence-electron chi connectivity index (χ3n) is 9.53. The van der Waals surface area contributed by atoms with Crippen molar-refractivity contribution in [1.29, 1.82) is 0 Å². The maximum Gasteiger partial charge on any atom is 0.221 e. The van der Waals surface area contributed by atoms with Crippen molar-refractivity contribution in [2.75, 3.05) is 27.0 Å². The van der Waals surface area contributed by atoms with E-state index in [2.05, 4.69) is 21.3 Å². The van der Waals surface area contributed by atoms with Crippen LogP contribution in [0.1, 0.15) is 76.4 Å². The average Bonchev–Trinajstić information content (AvgIpc) is 3.32. The summed E-state index contributed by atoms with van der Waals surface area (Å²) in [6, 6.07) is 31.9. The van der Waals surface area contributed by atoms with Gasteiger partial charge in [-0.2, -0.15) is 0 Å². The SMILES string of the molecule is CC(=O)Nc1ccc(C)cc1.CC(=O)Nc1ccc(S(=O)(=O)C(C)(C)C(=O)[O-])cc1.CC(=O)Nc1ccc(S(=O)(=O)C(C)C(=O)[O-])cc1.CC(=O)Nc1ccc(SCC(=O)[O-])cc1.Cc1ccc(C(=O)CC(=O)[O-])cc1. The second-order valence-corrected chi connectivity index (χ2v) is 22.3. The quantitative estimate of drug-likeness (QED) is 0.0625. The van der Waals surface area contributed by atoms with Crippen molar-refractivity contribution in [2.24, 2.45) is 0 Å². The van der Waals surface area contributed by atoms with Crippen LogP contribution in [-0.2, 0) is 58.0 Å². The minimum absolute atomic E-state index is 0.0335. The number of hydrogen-bond acceptors (Lipinski definition) is 18. The molecule has 0 aliphatic rings. The Kier molecular flexibility index (Phi) is 26.7. The van der Waals surface area contributed by atoms with Crippen molar-refractivity contribution in [2.45, 2.75) is 93.4 Å². The highest BCUT2D eigenvalue weighted by atomic mass is 32.2. The summed E-state index contributed by atoms with van der Waals surface area (Å²) in [5.41, 5.74) is 5.04. The number of Topliss-reactive ketones (excluding diaryl/α,β-unsaturated/α-hetero) is 1. The minimum Gasteiger partial charge on any atom is -0.550 e. The maximum atomic E-state index is 12.1. The molecule has 0 aromatic heterocycles. The predicted octanol–water partition coefficient (Wildman–Crippen LogP) is 2.26. The molecule has 76 heavy (non-hydrogen) atoms. The first-order valence-corrected chi connectivity index (χ1v) is 26.2. The molecule has 0 saturated carbocycles. The largest absolute Gasteiger partial charge is 0.550 e. The van der Waals surface area contributed by atoms with Gasteiger partial charge in [-0.25, -0.2) is 16.8 Å². The maximum absolute atomic E-state index is 12.1. The van der Waals surface area contributed by atoms with E-state index in [4.69, 9.17) is 0 Å². The lowest BCUT2D eigenvalue weighted by atomic mass is 10.1. The molecule has 0 heterocycles. The van der Waals surface area contributed by atoms with Gasteiger partial charge in [-0.15, -0.1) is 11.8 Å². The number of carbonyl (C=O) groups is 9. The van der Waals surface area contributed by atoms with E-state index in [1.165, 1.54) is 93.6 Å². The summed E-state index contributed by atoms with van der Waals surface area (Å²) >= 11 is 1.18. The standard InChI is InChI=1S/C12H15NO5S.C11H13NO5S.C10H11NO3S.C10H10O3.C9H11NO/c1-8(14)13-9-4-6-10(7-5-9)19(17,18)12(2,3)11(15)16;1-7(11(14)15)18(16,17)10-5-3-9(4-6-10)12-8(2)13;1-7(12)11-8-2-4-9(5-3-8)15-6-10(13)14;1-7-2-4-8(5-3-7)9(11)6-10(12)13;1-7-3-5-9(6-4-7)10-8(2)11/h4-7H,1-3H3,(H,13,14)(H,15,16);3-7H,1-2H3,(H,12,13)(H,14,15);2-5H,6H2,1H3,(H,11,12)(H,13,14);2-5H,6H2,1H3,(H,12,13);3-6H,1-2H3,(H,10,11)/p-4. The number of amides is 4. The second-order valence-electron chi connectivity index (χ2n) is 16.5. The van der Waals surface area contributed by atoms with Gasteiger partial charge in [0.25, 0.3) is 0 Å². The van der Waals surface area contributed by atoms with Crippen LogP contribution in [0.15, 0.2) is 136 Å². The molecule has 21 nitrogen and oxygen atoms in total. The number of hydrogen-bond donors (Lipinski definition) is 4. The van der Waals surface area contributed by atoms with Crippen molar-refractivity contribution >= 4 is 107 Å². The number of carboxylic acids is 4. The molecule has 0 bridgehead atoms. The molecular weight excluding hydrogens is 1050 g/mol. The molecule has 408 valence electrons. The summed E-state index contributed by atoms with van der Waals surface area (Å²) in [5, 5.41) is 50.5. The second kappa shape index (κ2) is 30.9. The lowest BCUT2D eigenvalue weighted by Gasteiger charge is -2.25. The van der Waals surface area contributed by atoms with Crippen molar-refractivity contribution in [3.05, 3.63) is 138 Å². The van der Waals surface area contributed by atoms with E-state index < -0.39 is 65.8 Å². The fourth-order valence-electron chi connectivity index (χ4n) is 5.38. The Morgan fingerprint density at radius 2 is 0.829 bits per heavy atom. The Hall–Kier alpha value is -8.22. The van der Waals surface area contributed by atoms with Gasteiger partial charge in [0.2, 0.25) is 23.6 Å². The zero-order chi connectivity index (χ0) is 58.1. The molecule has 0 saturated heterocycles. The number of carbonyl (C=O) groups excluding carboxylic acids is 9. The highest BCUT2D eigenvalue weighted by Crippen LogP contribution is 2.26. The highest BCUT2D eigenvalue weighted by Gasteiger charge is 2.37. The Morgan fingerprint density at radius 3 is 1.14 bits per heavy atom. The smallest absolute Gasteiger partial charge is 0.221 e. The third-order valence-corrected chi connectivity index (χ3v) is 15.0. The highest BCUT2D eigenvalue weighted by molar-refractivity contribution is 8.00. The lowest BCUT2D eigenvalue weighted by molar-refractivity contribution is -0.309. The molecule has 1 unspecified atom stereocenters. The van der Waals surface area contributed by atoms with Gasteiger partial charge in [0, 0.05) is 72.6 Å². The predicted molar refractivity (Wildman–Crippen MR) is 277 cm³/mol. The fourth-order valence-corrected chi connectivity index (χ4v) is 8.47. The van der Waals surface area contributed by atoms with E-state index in [1.807, 2.05) is 38.1 Å². The number of benzene rings is 5.